The molecule has 2 aromatic carbocycles. The first-order chi connectivity index (χ1) is 12.3. The van der Waals surface area contributed by atoms with E-state index in [1.807, 2.05) is 19.9 Å². The SMILES string of the molecule is CC(C)=CCc1cc([C@@H]2CC(=O)c3c(O)cc(O)cc3C2)cc(O)c1O. The molecule has 0 heterocycles. The van der Waals surface area contributed by atoms with Gasteiger partial charge >= 0.3 is 0 Å². The lowest BCUT2D eigenvalue weighted by atomic mass is 9.78. The minimum absolute atomic E-state index is 0.0903. The molecule has 26 heavy (non-hydrogen) atoms. The van der Waals surface area contributed by atoms with Gasteiger partial charge in [-0.3, -0.25) is 4.79 Å². The molecule has 136 valence electrons. The average Bonchev–Trinajstić information content (AvgIpc) is 2.54. The van der Waals surface area contributed by atoms with Gasteiger partial charge in [0.2, 0.25) is 0 Å². The smallest absolute Gasteiger partial charge is 0.167 e. The number of benzene rings is 2. The first-order valence-electron chi connectivity index (χ1n) is 8.52. The second-order valence-electron chi connectivity index (χ2n) is 7.06. The third-order valence-electron chi connectivity index (χ3n) is 4.75. The standard InChI is InChI=1S/C21H22O5/c1-11(2)3-4-12-5-13(9-19(25)21(12)26)14-6-15-7-16(22)10-18(24)20(15)17(23)8-14/h3,5,7,9-10,14,22,24-26H,4,6,8H2,1-2H3/t14-/m0/s1. The molecule has 0 aromatic heterocycles. The molecule has 5 heteroatoms. The number of carbonyl (C=O) groups is 1. The first-order valence-corrected chi connectivity index (χ1v) is 8.52. The summed E-state index contributed by atoms with van der Waals surface area (Å²) in [5.41, 5.74) is 3.29. The number of allylic oxidation sites excluding steroid dienone is 2. The van der Waals surface area contributed by atoms with Crippen molar-refractivity contribution >= 4 is 5.78 Å². The van der Waals surface area contributed by atoms with Crippen molar-refractivity contribution in [3.05, 3.63) is 58.2 Å². The molecule has 4 N–H and O–H groups in total. The Bertz CT molecular complexity index is 907. The van der Waals surface area contributed by atoms with Gasteiger partial charge in [0.05, 0.1) is 5.56 Å². The highest BCUT2D eigenvalue weighted by molar-refractivity contribution is 6.01. The third kappa shape index (κ3) is 3.38. The van der Waals surface area contributed by atoms with Crippen LogP contribution in [0.25, 0.3) is 0 Å². The lowest BCUT2D eigenvalue weighted by Crippen LogP contribution is -2.19. The number of phenolic OH excluding ortho intramolecular Hbond substituents is 4. The van der Waals surface area contributed by atoms with E-state index in [0.29, 0.717) is 24.0 Å². The average molecular weight is 354 g/mol. The predicted molar refractivity (Wildman–Crippen MR) is 98.1 cm³/mol. The van der Waals surface area contributed by atoms with Crippen molar-refractivity contribution in [2.75, 3.05) is 0 Å². The van der Waals surface area contributed by atoms with Crippen LogP contribution in [0.4, 0.5) is 0 Å². The Kier molecular flexibility index (Phi) is 4.64. The molecular weight excluding hydrogens is 332 g/mol. The Morgan fingerprint density at radius 3 is 2.46 bits per heavy atom. The number of aromatic hydroxyl groups is 4. The zero-order chi connectivity index (χ0) is 19.0. The van der Waals surface area contributed by atoms with Crippen LogP contribution in [0.2, 0.25) is 0 Å². The summed E-state index contributed by atoms with van der Waals surface area (Å²) in [6.07, 6.45) is 3.08. The van der Waals surface area contributed by atoms with Gasteiger partial charge in [0, 0.05) is 18.1 Å². The van der Waals surface area contributed by atoms with Gasteiger partial charge in [0.25, 0.3) is 0 Å². The number of hydrogen-bond donors (Lipinski definition) is 4. The summed E-state index contributed by atoms with van der Waals surface area (Å²) in [5.74, 6) is -1.06. The third-order valence-corrected chi connectivity index (χ3v) is 4.75. The topological polar surface area (TPSA) is 98.0 Å². The van der Waals surface area contributed by atoms with Crippen molar-refractivity contribution < 1.29 is 25.2 Å². The van der Waals surface area contributed by atoms with E-state index in [2.05, 4.69) is 0 Å². The molecule has 0 bridgehead atoms. The van der Waals surface area contributed by atoms with E-state index < -0.39 is 0 Å². The Hall–Kier alpha value is -2.95. The zero-order valence-electron chi connectivity index (χ0n) is 14.8. The molecule has 0 amide bonds. The van der Waals surface area contributed by atoms with Gasteiger partial charge in [0.15, 0.2) is 17.3 Å². The second-order valence-corrected chi connectivity index (χ2v) is 7.06. The summed E-state index contributed by atoms with van der Waals surface area (Å²) in [4.78, 5) is 12.5. The van der Waals surface area contributed by atoms with E-state index in [9.17, 15) is 25.2 Å². The Morgan fingerprint density at radius 1 is 1.04 bits per heavy atom. The fourth-order valence-corrected chi connectivity index (χ4v) is 3.46. The maximum absolute atomic E-state index is 12.5. The number of hydrogen-bond acceptors (Lipinski definition) is 5. The van der Waals surface area contributed by atoms with Gasteiger partial charge in [0.1, 0.15) is 11.5 Å². The van der Waals surface area contributed by atoms with Crippen molar-refractivity contribution in [2.45, 2.75) is 39.0 Å². The molecule has 0 radical (unpaired) electrons. The Balaban J connectivity index is 1.99. The van der Waals surface area contributed by atoms with E-state index in [1.54, 1.807) is 6.07 Å². The largest absolute Gasteiger partial charge is 0.508 e. The van der Waals surface area contributed by atoms with E-state index in [1.165, 1.54) is 18.2 Å². The molecule has 0 spiro atoms. The van der Waals surface area contributed by atoms with Crippen molar-refractivity contribution in [3.63, 3.8) is 0 Å². The summed E-state index contributed by atoms with van der Waals surface area (Å²) >= 11 is 0. The lowest BCUT2D eigenvalue weighted by Gasteiger charge is -2.25. The van der Waals surface area contributed by atoms with Crippen LogP contribution in [0.15, 0.2) is 35.9 Å². The number of fused-ring (bicyclic) bond motifs is 1. The van der Waals surface area contributed by atoms with Crippen molar-refractivity contribution in [2.24, 2.45) is 0 Å². The molecule has 1 atom stereocenters. The number of phenols is 4. The van der Waals surface area contributed by atoms with Gasteiger partial charge in [-0.2, -0.15) is 0 Å². The molecule has 0 unspecified atom stereocenters. The van der Waals surface area contributed by atoms with Crippen LogP contribution in [0.3, 0.4) is 0 Å². The summed E-state index contributed by atoms with van der Waals surface area (Å²) in [7, 11) is 0. The maximum Gasteiger partial charge on any atom is 0.167 e. The molecule has 3 rings (SSSR count). The van der Waals surface area contributed by atoms with E-state index in [4.69, 9.17) is 0 Å². The Labute approximate surface area is 151 Å². The fraction of sp³-hybridized carbons (Fsp3) is 0.286. The quantitative estimate of drug-likeness (QED) is 0.494. The van der Waals surface area contributed by atoms with Crippen LogP contribution < -0.4 is 0 Å². The number of rotatable bonds is 3. The molecule has 2 aromatic rings. The zero-order valence-corrected chi connectivity index (χ0v) is 14.8. The highest BCUT2D eigenvalue weighted by atomic mass is 16.3. The highest BCUT2D eigenvalue weighted by Crippen LogP contribution is 2.41. The van der Waals surface area contributed by atoms with Crippen molar-refractivity contribution in [1.82, 2.24) is 0 Å². The highest BCUT2D eigenvalue weighted by Gasteiger charge is 2.30. The van der Waals surface area contributed by atoms with Crippen LogP contribution in [0.5, 0.6) is 23.0 Å². The second kappa shape index (κ2) is 6.75. The summed E-state index contributed by atoms with van der Waals surface area (Å²) in [5, 5.41) is 39.9. The molecule has 5 nitrogen and oxygen atoms in total. The summed E-state index contributed by atoms with van der Waals surface area (Å²) in [6.45, 7) is 3.91. The molecular formula is C21H22O5. The minimum atomic E-state index is -0.211. The summed E-state index contributed by atoms with van der Waals surface area (Å²) < 4.78 is 0. The number of ketones is 1. The lowest BCUT2D eigenvalue weighted by molar-refractivity contribution is 0.0961. The van der Waals surface area contributed by atoms with E-state index >= 15 is 0 Å². The van der Waals surface area contributed by atoms with Crippen LogP contribution >= 0.6 is 0 Å². The number of Topliss-reactive ketones (excluding diaryl/α,β-unsaturated/α-hetero) is 1. The van der Waals surface area contributed by atoms with Gasteiger partial charge in [-0.1, -0.05) is 17.7 Å². The molecule has 1 aliphatic rings. The Morgan fingerprint density at radius 2 is 1.77 bits per heavy atom. The van der Waals surface area contributed by atoms with Gasteiger partial charge in [-0.05, 0) is 55.9 Å². The van der Waals surface area contributed by atoms with Gasteiger partial charge in [-0.25, -0.2) is 0 Å². The molecule has 0 saturated carbocycles. The predicted octanol–water partition coefficient (Wildman–Crippen LogP) is 3.93. The van der Waals surface area contributed by atoms with Crippen LogP contribution in [-0.4, -0.2) is 26.2 Å². The maximum atomic E-state index is 12.5. The van der Waals surface area contributed by atoms with Crippen LogP contribution in [0, 0.1) is 0 Å². The molecule has 0 fully saturated rings. The number of carbonyl (C=O) groups excluding carboxylic acids is 1. The first kappa shape index (κ1) is 17.9. The van der Waals surface area contributed by atoms with Gasteiger partial charge < -0.3 is 20.4 Å². The van der Waals surface area contributed by atoms with Crippen molar-refractivity contribution in [1.29, 1.82) is 0 Å². The van der Waals surface area contributed by atoms with Gasteiger partial charge in [-0.15, -0.1) is 0 Å². The summed E-state index contributed by atoms with van der Waals surface area (Å²) in [6, 6.07) is 5.94. The van der Waals surface area contributed by atoms with Crippen LogP contribution in [0.1, 0.15) is 53.2 Å². The van der Waals surface area contributed by atoms with Crippen molar-refractivity contribution in [3.8, 4) is 23.0 Å². The molecule has 1 aliphatic carbocycles. The fourth-order valence-electron chi connectivity index (χ4n) is 3.46. The molecule has 0 aliphatic heterocycles. The van der Waals surface area contributed by atoms with E-state index in [0.717, 1.165) is 11.1 Å². The monoisotopic (exact) mass is 354 g/mol. The van der Waals surface area contributed by atoms with Crippen LogP contribution in [-0.2, 0) is 12.8 Å². The minimum Gasteiger partial charge on any atom is -0.508 e. The normalized spacial score (nSPS) is 16.2. The van der Waals surface area contributed by atoms with E-state index in [-0.39, 0.29) is 46.7 Å². The molecule has 0 saturated heterocycles.